The van der Waals surface area contributed by atoms with Crippen LogP contribution in [0.5, 0.6) is 0 Å². The lowest BCUT2D eigenvalue weighted by Gasteiger charge is -2.07. The first-order valence-electron chi connectivity index (χ1n) is 6.53. The molecule has 2 heterocycles. The Hall–Kier alpha value is -2.44. The molecule has 7 nitrogen and oxygen atoms in total. The van der Waals surface area contributed by atoms with E-state index in [0.717, 1.165) is 30.5 Å². The van der Waals surface area contributed by atoms with Gasteiger partial charge in [0, 0.05) is 18.7 Å². The molecule has 20 heavy (non-hydrogen) atoms. The van der Waals surface area contributed by atoms with Crippen molar-refractivity contribution in [3.05, 3.63) is 45.7 Å². The second kappa shape index (κ2) is 5.28. The Labute approximate surface area is 114 Å². The Kier molecular flexibility index (Phi) is 3.32. The summed E-state index contributed by atoms with van der Waals surface area (Å²) in [4.78, 5) is 23.5. The van der Waals surface area contributed by atoms with Gasteiger partial charge in [0.1, 0.15) is 0 Å². The zero-order valence-electron chi connectivity index (χ0n) is 10.8. The van der Waals surface area contributed by atoms with Gasteiger partial charge in [-0.3, -0.25) is 9.59 Å². The molecule has 2 aromatic rings. The van der Waals surface area contributed by atoms with Crippen LogP contribution in [0.15, 0.2) is 27.6 Å². The second-order valence-corrected chi connectivity index (χ2v) is 4.66. The van der Waals surface area contributed by atoms with Crippen LogP contribution in [0.4, 0.5) is 0 Å². The van der Waals surface area contributed by atoms with Gasteiger partial charge in [-0.15, -0.1) is 0 Å². The number of carbonyl (C=O) groups excluding carboxylic acids is 1. The Morgan fingerprint density at radius 3 is 3.15 bits per heavy atom. The molecule has 0 atom stereocenters. The molecule has 2 aromatic heterocycles. The van der Waals surface area contributed by atoms with E-state index in [4.69, 9.17) is 4.52 Å². The predicted molar refractivity (Wildman–Crippen MR) is 69.4 cm³/mol. The number of nitrogens with one attached hydrogen (secondary N) is 1. The molecule has 0 aromatic carbocycles. The molecule has 0 spiro atoms. The van der Waals surface area contributed by atoms with Crippen molar-refractivity contribution in [1.82, 2.24) is 20.3 Å². The Balaban J connectivity index is 1.62. The van der Waals surface area contributed by atoms with Crippen molar-refractivity contribution in [3.63, 3.8) is 0 Å². The van der Waals surface area contributed by atoms with E-state index in [2.05, 4.69) is 15.6 Å². The third-order valence-electron chi connectivity index (χ3n) is 3.29. The average Bonchev–Trinajstić information content (AvgIpc) is 3.08. The molecule has 0 saturated carbocycles. The first kappa shape index (κ1) is 12.6. The van der Waals surface area contributed by atoms with E-state index >= 15 is 0 Å². The molecule has 0 saturated heterocycles. The summed E-state index contributed by atoms with van der Waals surface area (Å²) in [6, 6.07) is 3.13. The number of amides is 1. The highest BCUT2D eigenvalue weighted by Crippen LogP contribution is 2.16. The monoisotopic (exact) mass is 274 g/mol. The van der Waals surface area contributed by atoms with Crippen LogP contribution in [0.25, 0.3) is 0 Å². The predicted octanol–water partition coefficient (Wildman–Crippen LogP) is 0.150. The van der Waals surface area contributed by atoms with Crippen molar-refractivity contribution in [2.45, 2.75) is 25.8 Å². The standard InChI is InChI=1S/C13H14N4O3/c18-12-8-9-2-1-3-10(9)16-17(12)7-6-14-13(19)11-4-5-15-20-11/h4-5,8H,1-3,6-7H2,(H,14,19). The largest absolute Gasteiger partial charge is 0.351 e. The van der Waals surface area contributed by atoms with Gasteiger partial charge < -0.3 is 9.84 Å². The average molecular weight is 274 g/mol. The van der Waals surface area contributed by atoms with Crippen LogP contribution in [0.1, 0.15) is 28.2 Å². The highest BCUT2D eigenvalue weighted by molar-refractivity contribution is 5.91. The minimum absolute atomic E-state index is 0.125. The van der Waals surface area contributed by atoms with Crippen LogP contribution in [-0.2, 0) is 19.4 Å². The molecule has 0 aliphatic heterocycles. The van der Waals surface area contributed by atoms with Crippen LogP contribution >= 0.6 is 0 Å². The van der Waals surface area contributed by atoms with Crippen LogP contribution in [0.3, 0.4) is 0 Å². The number of aryl methyl sites for hydroxylation is 2. The van der Waals surface area contributed by atoms with Gasteiger partial charge in [0.05, 0.1) is 18.4 Å². The molecule has 1 N–H and O–H groups in total. The number of aromatic nitrogens is 3. The number of hydrogen-bond acceptors (Lipinski definition) is 5. The van der Waals surface area contributed by atoms with Crippen LogP contribution in [0.2, 0.25) is 0 Å². The maximum absolute atomic E-state index is 11.8. The molecule has 104 valence electrons. The van der Waals surface area contributed by atoms with Crippen molar-refractivity contribution in [2.75, 3.05) is 6.54 Å². The number of hydrogen-bond donors (Lipinski definition) is 1. The summed E-state index contributed by atoms with van der Waals surface area (Å²) < 4.78 is 6.13. The van der Waals surface area contributed by atoms with E-state index in [9.17, 15) is 9.59 Å². The van der Waals surface area contributed by atoms with Gasteiger partial charge in [-0.25, -0.2) is 4.68 Å². The Morgan fingerprint density at radius 2 is 2.35 bits per heavy atom. The number of fused-ring (bicyclic) bond motifs is 1. The Bertz CT molecular complexity index is 675. The van der Waals surface area contributed by atoms with Gasteiger partial charge in [-0.1, -0.05) is 5.16 Å². The van der Waals surface area contributed by atoms with Crippen LogP contribution in [-0.4, -0.2) is 27.4 Å². The third-order valence-corrected chi connectivity index (χ3v) is 3.29. The van der Waals surface area contributed by atoms with Gasteiger partial charge in [-0.05, 0) is 24.8 Å². The smallest absolute Gasteiger partial charge is 0.289 e. The molecular formula is C13H14N4O3. The molecule has 1 aliphatic rings. The first-order valence-corrected chi connectivity index (χ1v) is 6.53. The van der Waals surface area contributed by atoms with Gasteiger partial charge in [0.25, 0.3) is 11.5 Å². The van der Waals surface area contributed by atoms with E-state index in [0.29, 0.717) is 13.1 Å². The fraction of sp³-hybridized carbons (Fsp3) is 0.385. The molecule has 0 radical (unpaired) electrons. The van der Waals surface area contributed by atoms with Crippen molar-refractivity contribution in [3.8, 4) is 0 Å². The fourth-order valence-corrected chi connectivity index (χ4v) is 2.29. The summed E-state index contributed by atoms with van der Waals surface area (Å²) >= 11 is 0. The van der Waals surface area contributed by atoms with Crippen LogP contribution in [0, 0.1) is 0 Å². The van der Waals surface area contributed by atoms with Crippen LogP contribution < -0.4 is 10.9 Å². The number of nitrogens with zero attached hydrogens (tertiary/aromatic N) is 3. The van der Waals surface area contributed by atoms with E-state index in [1.165, 1.54) is 16.9 Å². The highest BCUT2D eigenvalue weighted by atomic mass is 16.5. The first-order chi connectivity index (χ1) is 9.74. The number of carbonyl (C=O) groups is 1. The topological polar surface area (TPSA) is 90.0 Å². The van der Waals surface area contributed by atoms with Crippen molar-refractivity contribution in [2.24, 2.45) is 0 Å². The maximum atomic E-state index is 11.8. The molecule has 7 heteroatoms. The summed E-state index contributed by atoms with van der Waals surface area (Å²) in [5.41, 5.74) is 1.92. The van der Waals surface area contributed by atoms with Gasteiger partial charge in [0.15, 0.2) is 0 Å². The van der Waals surface area contributed by atoms with E-state index < -0.39 is 0 Å². The maximum Gasteiger partial charge on any atom is 0.289 e. The van der Waals surface area contributed by atoms with Gasteiger partial charge in [-0.2, -0.15) is 5.10 Å². The van der Waals surface area contributed by atoms with Crippen molar-refractivity contribution in [1.29, 1.82) is 0 Å². The molecule has 0 fully saturated rings. The molecule has 1 amide bonds. The normalized spacial score (nSPS) is 13.2. The fourth-order valence-electron chi connectivity index (χ4n) is 2.29. The minimum Gasteiger partial charge on any atom is -0.351 e. The summed E-state index contributed by atoms with van der Waals surface area (Å²) in [6.45, 7) is 0.650. The Morgan fingerprint density at radius 1 is 1.45 bits per heavy atom. The summed E-state index contributed by atoms with van der Waals surface area (Å²) in [5.74, 6) is -0.198. The SMILES string of the molecule is O=C(NCCn1nc2c(cc1=O)CCC2)c1ccno1. The zero-order chi connectivity index (χ0) is 13.9. The number of rotatable bonds is 4. The third kappa shape index (κ3) is 2.47. The summed E-state index contributed by atoms with van der Waals surface area (Å²) in [7, 11) is 0. The molecular weight excluding hydrogens is 260 g/mol. The molecule has 0 unspecified atom stereocenters. The van der Waals surface area contributed by atoms with E-state index in [1.54, 1.807) is 6.07 Å². The zero-order valence-corrected chi connectivity index (χ0v) is 10.8. The van der Waals surface area contributed by atoms with Gasteiger partial charge >= 0.3 is 0 Å². The molecule has 0 bridgehead atoms. The van der Waals surface area contributed by atoms with Gasteiger partial charge in [0.2, 0.25) is 5.76 Å². The summed E-state index contributed by atoms with van der Waals surface area (Å²) in [5, 5.41) is 10.4. The lowest BCUT2D eigenvalue weighted by atomic mass is 10.2. The second-order valence-electron chi connectivity index (χ2n) is 4.66. The molecule has 1 aliphatic carbocycles. The van der Waals surface area contributed by atoms with E-state index in [1.807, 2.05) is 0 Å². The lowest BCUT2D eigenvalue weighted by Crippen LogP contribution is -2.32. The van der Waals surface area contributed by atoms with E-state index in [-0.39, 0.29) is 17.2 Å². The summed E-state index contributed by atoms with van der Waals surface area (Å²) in [6.07, 6.45) is 4.30. The highest BCUT2D eigenvalue weighted by Gasteiger charge is 2.15. The minimum atomic E-state index is -0.350. The quantitative estimate of drug-likeness (QED) is 0.857. The van der Waals surface area contributed by atoms with Crippen molar-refractivity contribution >= 4 is 5.91 Å². The van der Waals surface area contributed by atoms with Crippen molar-refractivity contribution < 1.29 is 9.32 Å². The lowest BCUT2D eigenvalue weighted by molar-refractivity contribution is 0.0915. The molecule has 3 rings (SSSR count).